The van der Waals surface area contributed by atoms with E-state index in [1.165, 1.54) is 0 Å². The maximum atomic E-state index is 12.4. The molecule has 6 heteroatoms. The minimum absolute atomic E-state index is 0.0583. The molecule has 2 atom stereocenters. The van der Waals surface area contributed by atoms with Crippen molar-refractivity contribution in [2.24, 2.45) is 5.92 Å². The number of piperidine rings is 1. The Hall–Kier alpha value is -0.810. The zero-order valence-electron chi connectivity index (χ0n) is 13.8. The van der Waals surface area contributed by atoms with Crippen molar-refractivity contribution >= 4 is 29.1 Å². The highest BCUT2D eigenvalue weighted by Crippen LogP contribution is 2.25. The largest absolute Gasteiger partial charge is 0.376 e. The van der Waals surface area contributed by atoms with Crippen LogP contribution in [0.5, 0.6) is 0 Å². The highest BCUT2D eigenvalue weighted by Gasteiger charge is 2.26. The van der Waals surface area contributed by atoms with Crippen LogP contribution in [0.1, 0.15) is 31.2 Å². The molecule has 0 radical (unpaired) electrons. The minimum Gasteiger partial charge on any atom is -0.376 e. The first-order valence-electron chi connectivity index (χ1n) is 8.67. The summed E-state index contributed by atoms with van der Waals surface area (Å²) in [6, 6.07) is 5.73. The fraction of sp³-hybridized carbons (Fsp3) is 0.611. The number of ether oxygens (including phenoxy) is 1. The topological polar surface area (TPSA) is 41.6 Å². The van der Waals surface area contributed by atoms with Crippen molar-refractivity contribution in [2.45, 2.75) is 38.3 Å². The molecule has 2 fully saturated rings. The molecule has 3 rings (SSSR count). The zero-order valence-corrected chi connectivity index (χ0v) is 15.3. The number of nitrogens with zero attached hydrogens (tertiary/aromatic N) is 1. The van der Waals surface area contributed by atoms with Gasteiger partial charge in [0.15, 0.2) is 0 Å². The Morgan fingerprint density at radius 3 is 2.88 bits per heavy atom. The summed E-state index contributed by atoms with van der Waals surface area (Å²) in [5, 5.41) is 4.22. The third kappa shape index (κ3) is 4.85. The number of hydrogen-bond donors (Lipinski definition) is 1. The van der Waals surface area contributed by atoms with Gasteiger partial charge in [0, 0.05) is 26.2 Å². The molecule has 2 aliphatic rings. The first-order valence-corrected chi connectivity index (χ1v) is 9.43. The van der Waals surface area contributed by atoms with Crippen molar-refractivity contribution in [1.82, 2.24) is 10.2 Å². The van der Waals surface area contributed by atoms with Gasteiger partial charge in [-0.3, -0.25) is 9.69 Å². The lowest BCUT2D eigenvalue weighted by Crippen LogP contribution is -2.44. The Bertz CT molecular complexity index is 576. The Balaban J connectivity index is 1.49. The van der Waals surface area contributed by atoms with Crippen molar-refractivity contribution in [3.05, 3.63) is 33.8 Å². The monoisotopic (exact) mass is 370 g/mol. The van der Waals surface area contributed by atoms with Gasteiger partial charge in [-0.25, -0.2) is 0 Å². The molecular formula is C18H24Cl2N2O2. The Labute approximate surface area is 153 Å². The molecule has 0 aromatic heterocycles. The number of hydrogen-bond acceptors (Lipinski definition) is 3. The van der Waals surface area contributed by atoms with Crippen molar-refractivity contribution in [3.8, 4) is 0 Å². The molecule has 1 N–H and O–H groups in total. The van der Waals surface area contributed by atoms with E-state index in [1.54, 1.807) is 0 Å². The van der Waals surface area contributed by atoms with E-state index in [4.69, 9.17) is 27.9 Å². The standard InChI is InChI=1S/C18H24Cl2N2O2/c19-16-6-5-13(9-17(16)20)11-22-7-1-3-14(12-22)18(23)21-10-15-4-2-8-24-15/h5-6,9,14-15H,1-4,7-8,10-12H2,(H,21,23). The highest BCUT2D eigenvalue weighted by molar-refractivity contribution is 6.42. The SMILES string of the molecule is O=C(NCC1CCCO1)C1CCCN(Cc2ccc(Cl)c(Cl)c2)C1. The van der Waals surface area contributed by atoms with E-state index < -0.39 is 0 Å². The van der Waals surface area contributed by atoms with Gasteiger partial charge >= 0.3 is 0 Å². The summed E-state index contributed by atoms with van der Waals surface area (Å²) in [7, 11) is 0. The fourth-order valence-electron chi connectivity index (χ4n) is 3.47. The fourth-order valence-corrected chi connectivity index (χ4v) is 3.79. The first-order chi connectivity index (χ1) is 11.6. The summed E-state index contributed by atoms with van der Waals surface area (Å²) in [5.41, 5.74) is 1.13. The van der Waals surface area contributed by atoms with E-state index in [2.05, 4.69) is 10.2 Å². The number of carbonyl (C=O) groups is 1. The molecule has 2 heterocycles. The summed E-state index contributed by atoms with van der Waals surface area (Å²) >= 11 is 12.1. The van der Waals surface area contributed by atoms with E-state index in [1.807, 2.05) is 18.2 Å². The lowest BCUT2D eigenvalue weighted by atomic mass is 9.96. The smallest absolute Gasteiger partial charge is 0.224 e. The zero-order chi connectivity index (χ0) is 16.9. The second-order valence-corrected chi connectivity index (χ2v) is 7.52. The number of amides is 1. The summed E-state index contributed by atoms with van der Waals surface area (Å²) < 4.78 is 5.56. The number of halogens is 2. The molecule has 1 aromatic rings. The molecule has 0 saturated carbocycles. The van der Waals surface area contributed by atoms with Gasteiger partial charge in [-0.1, -0.05) is 29.3 Å². The molecule has 1 amide bonds. The molecule has 132 valence electrons. The van der Waals surface area contributed by atoms with Crippen LogP contribution in [0.15, 0.2) is 18.2 Å². The van der Waals surface area contributed by atoms with Gasteiger partial charge in [-0.15, -0.1) is 0 Å². The van der Waals surface area contributed by atoms with Crippen LogP contribution in [0.25, 0.3) is 0 Å². The number of carbonyl (C=O) groups excluding carboxylic acids is 1. The minimum atomic E-state index is 0.0583. The van der Waals surface area contributed by atoms with E-state index in [9.17, 15) is 4.79 Å². The van der Waals surface area contributed by atoms with Gasteiger partial charge in [-0.05, 0) is 49.9 Å². The van der Waals surface area contributed by atoms with E-state index in [0.29, 0.717) is 16.6 Å². The molecule has 4 nitrogen and oxygen atoms in total. The third-order valence-corrected chi connectivity index (χ3v) is 5.53. The Kier molecular flexibility index (Phi) is 6.39. The summed E-state index contributed by atoms with van der Waals surface area (Å²) in [6.07, 6.45) is 4.34. The van der Waals surface area contributed by atoms with Crippen LogP contribution >= 0.6 is 23.2 Å². The predicted molar refractivity (Wildman–Crippen MR) is 96.4 cm³/mol. The van der Waals surface area contributed by atoms with Crippen LogP contribution < -0.4 is 5.32 Å². The average molecular weight is 371 g/mol. The lowest BCUT2D eigenvalue weighted by Gasteiger charge is -2.32. The molecule has 0 spiro atoms. The van der Waals surface area contributed by atoms with Crippen LogP contribution in [-0.2, 0) is 16.1 Å². The maximum Gasteiger partial charge on any atom is 0.224 e. The van der Waals surface area contributed by atoms with Gasteiger partial charge in [0.2, 0.25) is 5.91 Å². The van der Waals surface area contributed by atoms with Crippen molar-refractivity contribution in [3.63, 3.8) is 0 Å². The van der Waals surface area contributed by atoms with Gasteiger partial charge in [0.25, 0.3) is 0 Å². The predicted octanol–water partition coefficient (Wildman–Crippen LogP) is 3.50. The van der Waals surface area contributed by atoms with E-state index >= 15 is 0 Å². The van der Waals surface area contributed by atoms with Crippen molar-refractivity contribution in [2.75, 3.05) is 26.2 Å². The molecule has 2 aliphatic heterocycles. The molecule has 0 bridgehead atoms. The third-order valence-electron chi connectivity index (χ3n) is 4.79. The lowest BCUT2D eigenvalue weighted by molar-refractivity contribution is -0.127. The Morgan fingerprint density at radius 1 is 1.25 bits per heavy atom. The number of rotatable bonds is 5. The van der Waals surface area contributed by atoms with Crippen molar-refractivity contribution in [1.29, 1.82) is 0 Å². The van der Waals surface area contributed by atoms with E-state index in [0.717, 1.165) is 57.5 Å². The second-order valence-electron chi connectivity index (χ2n) is 6.70. The maximum absolute atomic E-state index is 12.4. The van der Waals surface area contributed by atoms with Gasteiger partial charge in [0.05, 0.1) is 22.1 Å². The summed E-state index contributed by atoms with van der Waals surface area (Å²) in [5.74, 6) is 0.215. The van der Waals surface area contributed by atoms with Gasteiger partial charge in [0.1, 0.15) is 0 Å². The molecule has 1 aromatic carbocycles. The van der Waals surface area contributed by atoms with Gasteiger partial charge in [-0.2, -0.15) is 0 Å². The summed E-state index contributed by atoms with van der Waals surface area (Å²) in [4.78, 5) is 14.7. The van der Waals surface area contributed by atoms with Crippen LogP contribution in [0.2, 0.25) is 10.0 Å². The quantitative estimate of drug-likeness (QED) is 0.862. The molecule has 24 heavy (non-hydrogen) atoms. The highest BCUT2D eigenvalue weighted by atomic mass is 35.5. The second kappa shape index (κ2) is 8.52. The molecular weight excluding hydrogens is 347 g/mol. The van der Waals surface area contributed by atoms with Gasteiger partial charge < -0.3 is 10.1 Å². The average Bonchev–Trinajstić information content (AvgIpc) is 3.10. The summed E-state index contributed by atoms with van der Waals surface area (Å²) in [6.45, 7) is 4.06. The Morgan fingerprint density at radius 2 is 2.12 bits per heavy atom. The molecule has 0 aliphatic carbocycles. The first kappa shape index (κ1) is 18.0. The molecule has 2 saturated heterocycles. The van der Waals surface area contributed by atoms with Crippen LogP contribution in [0.4, 0.5) is 0 Å². The normalized spacial score (nSPS) is 24.9. The number of benzene rings is 1. The number of likely N-dealkylation sites (tertiary alicyclic amines) is 1. The van der Waals surface area contributed by atoms with Crippen LogP contribution in [0.3, 0.4) is 0 Å². The van der Waals surface area contributed by atoms with Crippen LogP contribution in [0, 0.1) is 5.92 Å². The molecule has 2 unspecified atom stereocenters. The van der Waals surface area contributed by atoms with E-state index in [-0.39, 0.29) is 17.9 Å². The number of nitrogens with one attached hydrogen (secondary N) is 1. The van der Waals surface area contributed by atoms with Crippen molar-refractivity contribution < 1.29 is 9.53 Å². The van der Waals surface area contributed by atoms with Crippen LogP contribution in [-0.4, -0.2) is 43.2 Å².